The zero-order valence-electron chi connectivity index (χ0n) is 15.5. The first-order valence-electron chi connectivity index (χ1n) is 9.56. The Kier molecular flexibility index (Phi) is 4.85. The first-order chi connectivity index (χ1) is 12.6. The predicted molar refractivity (Wildman–Crippen MR) is 106 cm³/mol. The molecule has 1 amide bonds. The minimum absolute atomic E-state index is 0.00116. The van der Waals surface area contributed by atoms with Gasteiger partial charge in [-0.05, 0) is 32.3 Å². The maximum Gasteiger partial charge on any atom is 0.261 e. The molecule has 0 aliphatic heterocycles. The van der Waals surface area contributed by atoms with Crippen LogP contribution < -0.4 is 5.32 Å². The SMILES string of the molecule is CCCn1cc(CNC(=O)c2cc3cn(C4CCCC4)cc3s2)c(C)n1. The molecule has 1 saturated carbocycles. The molecular formula is C20H26N4OS. The quantitative estimate of drug-likeness (QED) is 0.686. The molecule has 5 nitrogen and oxygen atoms in total. The van der Waals surface area contributed by atoms with Crippen molar-refractivity contribution in [3.05, 3.63) is 40.8 Å². The topological polar surface area (TPSA) is 51.9 Å². The monoisotopic (exact) mass is 370 g/mol. The van der Waals surface area contributed by atoms with Crippen molar-refractivity contribution in [2.45, 2.75) is 65.1 Å². The van der Waals surface area contributed by atoms with Gasteiger partial charge < -0.3 is 9.88 Å². The Balaban J connectivity index is 1.42. The first-order valence-corrected chi connectivity index (χ1v) is 10.4. The largest absolute Gasteiger partial charge is 0.349 e. The van der Waals surface area contributed by atoms with Gasteiger partial charge >= 0.3 is 0 Å². The highest BCUT2D eigenvalue weighted by Crippen LogP contribution is 2.34. The molecule has 0 saturated heterocycles. The van der Waals surface area contributed by atoms with Crippen molar-refractivity contribution in [1.29, 1.82) is 0 Å². The average molecular weight is 371 g/mol. The summed E-state index contributed by atoms with van der Waals surface area (Å²) in [6.45, 7) is 5.57. The van der Waals surface area contributed by atoms with Gasteiger partial charge in [0.15, 0.2) is 0 Å². The highest BCUT2D eigenvalue weighted by Gasteiger charge is 2.18. The molecule has 3 heterocycles. The molecule has 0 atom stereocenters. The lowest BCUT2D eigenvalue weighted by Crippen LogP contribution is -2.21. The second-order valence-corrected chi connectivity index (χ2v) is 8.34. The van der Waals surface area contributed by atoms with E-state index in [1.807, 2.05) is 23.9 Å². The number of fused-ring (bicyclic) bond motifs is 1. The zero-order valence-corrected chi connectivity index (χ0v) is 16.3. The third-order valence-corrected chi connectivity index (χ3v) is 6.34. The van der Waals surface area contributed by atoms with E-state index < -0.39 is 0 Å². The van der Waals surface area contributed by atoms with Crippen molar-refractivity contribution in [1.82, 2.24) is 19.7 Å². The summed E-state index contributed by atoms with van der Waals surface area (Å²) in [5.41, 5.74) is 2.07. The van der Waals surface area contributed by atoms with Crippen LogP contribution in [0.15, 0.2) is 24.7 Å². The molecule has 6 heteroatoms. The Labute approximate surface area is 158 Å². The van der Waals surface area contributed by atoms with Crippen molar-refractivity contribution in [2.24, 2.45) is 0 Å². The van der Waals surface area contributed by atoms with E-state index in [9.17, 15) is 4.79 Å². The third-order valence-electron chi connectivity index (χ3n) is 5.26. The fourth-order valence-corrected chi connectivity index (χ4v) is 4.81. The number of thiophene rings is 1. The number of carbonyl (C=O) groups excluding carboxylic acids is 1. The predicted octanol–water partition coefficient (Wildman–Crippen LogP) is 4.66. The van der Waals surface area contributed by atoms with Crippen molar-refractivity contribution in [2.75, 3.05) is 0 Å². The number of hydrogen-bond acceptors (Lipinski definition) is 3. The second-order valence-electron chi connectivity index (χ2n) is 7.26. The Bertz CT molecular complexity index is 882. The second kappa shape index (κ2) is 7.27. The molecular weight excluding hydrogens is 344 g/mol. The third kappa shape index (κ3) is 3.43. The Morgan fingerprint density at radius 3 is 2.85 bits per heavy atom. The average Bonchev–Trinajstić information content (AvgIpc) is 3.36. The minimum atomic E-state index is 0.00116. The molecule has 0 bridgehead atoms. The Hall–Kier alpha value is -2.08. The van der Waals surface area contributed by atoms with Gasteiger partial charge in [-0.1, -0.05) is 19.8 Å². The van der Waals surface area contributed by atoms with Gasteiger partial charge in [0.1, 0.15) is 0 Å². The van der Waals surface area contributed by atoms with Crippen LogP contribution in [0.3, 0.4) is 0 Å². The number of aromatic nitrogens is 3. The van der Waals surface area contributed by atoms with Gasteiger partial charge in [-0.2, -0.15) is 5.10 Å². The molecule has 0 unspecified atom stereocenters. The van der Waals surface area contributed by atoms with Gasteiger partial charge in [0.25, 0.3) is 5.91 Å². The van der Waals surface area contributed by atoms with Crippen LogP contribution in [-0.2, 0) is 13.1 Å². The maximum absolute atomic E-state index is 12.5. The van der Waals surface area contributed by atoms with E-state index in [1.165, 1.54) is 35.8 Å². The molecule has 3 aromatic rings. The van der Waals surface area contributed by atoms with Gasteiger partial charge in [0.2, 0.25) is 0 Å². The fraction of sp³-hybridized carbons (Fsp3) is 0.500. The Morgan fingerprint density at radius 1 is 1.31 bits per heavy atom. The number of nitrogens with one attached hydrogen (secondary N) is 1. The Morgan fingerprint density at radius 2 is 2.12 bits per heavy atom. The van der Waals surface area contributed by atoms with Crippen LogP contribution in [0.1, 0.15) is 66.0 Å². The lowest BCUT2D eigenvalue weighted by molar-refractivity contribution is 0.0955. The number of amides is 1. The molecule has 0 aromatic carbocycles. The van der Waals surface area contributed by atoms with Gasteiger partial charge in [-0.15, -0.1) is 11.3 Å². The van der Waals surface area contributed by atoms with E-state index in [1.54, 1.807) is 11.3 Å². The van der Waals surface area contributed by atoms with Gasteiger partial charge in [0, 0.05) is 48.7 Å². The summed E-state index contributed by atoms with van der Waals surface area (Å²) in [6.07, 6.45) is 12.7. The van der Waals surface area contributed by atoms with Crippen molar-refractivity contribution in [3.63, 3.8) is 0 Å². The van der Waals surface area contributed by atoms with Crippen LogP contribution in [-0.4, -0.2) is 20.3 Å². The molecule has 26 heavy (non-hydrogen) atoms. The smallest absolute Gasteiger partial charge is 0.261 e. The summed E-state index contributed by atoms with van der Waals surface area (Å²) in [5.74, 6) is 0.00116. The lowest BCUT2D eigenvalue weighted by Gasteiger charge is -2.10. The van der Waals surface area contributed by atoms with Crippen molar-refractivity contribution >= 4 is 27.3 Å². The van der Waals surface area contributed by atoms with E-state index in [-0.39, 0.29) is 5.91 Å². The molecule has 0 spiro atoms. The van der Waals surface area contributed by atoms with Crippen LogP contribution >= 0.6 is 11.3 Å². The van der Waals surface area contributed by atoms with Crippen LogP contribution in [0.2, 0.25) is 0 Å². The minimum Gasteiger partial charge on any atom is -0.349 e. The molecule has 1 N–H and O–H groups in total. The summed E-state index contributed by atoms with van der Waals surface area (Å²) in [5, 5.41) is 8.71. The number of rotatable bonds is 6. The van der Waals surface area contributed by atoms with Crippen molar-refractivity contribution < 1.29 is 4.79 Å². The number of carbonyl (C=O) groups is 1. The van der Waals surface area contributed by atoms with Gasteiger partial charge in [-0.25, -0.2) is 0 Å². The molecule has 1 fully saturated rings. The molecule has 0 radical (unpaired) electrons. The summed E-state index contributed by atoms with van der Waals surface area (Å²) in [7, 11) is 0. The van der Waals surface area contributed by atoms with E-state index in [4.69, 9.17) is 0 Å². The van der Waals surface area contributed by atoms with E-state index in [2.05, 4.69) is 34.3 Å². The standard InChI is InChI=1S/C20H26N4OS/c1-3-8-24-12-16(14(2)22-24)10-21-20(25)18-9-15-11-23(13-19(15)26-18)17-6-4-5-7-17/h9,11-13,17H,3-8,10H2,1-2H3,(H,21,25). The highest BCUT2D eigenvalue weighted by atomic mass is 32.1. The molecule has 1 aliphatic rings. The summed E-state index contributed by atoms with van der Waals surface area (Å²) >= 11 is 1.58. The van der Waals surface area contributed by atoms with Crippen molar-refractivity contribution in [3.8, 4) is 0 Å². The van der Waals surface area contributed by atoms with Crippen LogP contribution in [0, 0.1) is 6.92 Å². The van der Waals surface area contributed by atoms with E-state index in [0.29, 0.717) is 12.6 Å². The molecule has 3 aromatic heterocycles. The highest BCUT2D eigenvalue weighted by molar-refractivity contribution is 7.20. The van der Waals surface area contributed by atoms with E-state index in [0.717, 1.165) is 29.1 Å². The first kappa shape index (κ1) is 17.3. The molecule has 1 aliphatic carbocycles. The van der Waals surface area contributed by atoms with E-state index >= 15 is 0 Å². The number of aryl methyl sites for hydroxylation is 2. The maximum atomic E-state index is 12.5. The normalized spacial score (nSPS) is 15.2. The zero-order chi connectivity index (χ0) is 18.1. The summed E-state index contributed by atoms with van der Waals surface area (Å²) in [4.78, 5) is 13.3. The van der Waals surface area contributed by atoms with Gasteiger partial charge in [0.05, 0.1) is 15.3 Å². The van der Waals surface area contributed by atoms with Crippen LogP contribution in [0.4, 0.5) is 0 Å². The molecule has 4 rings (SSSR count). The number of hydrogen-bond donors (Lipinski definition) is 1. The summed E-state index contributed by atoms with van der Waals surface area (Å²) < 4.78 is 5.51. The van der Waals surface area contributed by atoms with Gasteiger partial charge in [-0.3, -0.25) is 9.48 Å². The fourth-order valence-electron chi connectivity index (χ4n) is 3.82. The lowest BCUT2D eigenvalue weighted by atomic mass is 10.2. The number of nitrogens with zero attached hydrogens (tertiary/aromatic N) is 3. The van der Waals surface area contributed by atoms with Crippen LogP contribution in [0.5, 0.6) is 0 Å². The van der Waals surface area contributed by atoms with Crippen LogP contribution in [0.25, 0.3) is 10.1 Å². The molecule has 138 valence electrons. The summed E-state index contributed by atoms with van der Waals surface area (Å²) in [6, 6.07) is 2.67.